The van der Waals surface area contributed by atoms with Crippen LogP contribution in [0.25, 0.3) is 0 Å². The van der Waals surface area contributed by atoms with E-state index in [1.165, 1.54) is 30.7 Å². The number of ether oxygens (including phenoxy) is 3. The van der Waals surface area contributed by atoms with Crippen molar-refractivity contribution in [1.82, 2.24) is 20.9 Å². The van der Waals surface area contributed by atoms with Gasteiger partial charge in [-0.05, 0) is 103 Å². The van der Waals surface area contributed by atoms with Crippen LogP contribution in [0.2, 0.25) is 5.02 Å². The number of hydrogen-bond donors (Lipinski definition) is 5. The van der Waals surface area contributed by atoms with Crippen LogP contribution < -0.4 is 20.9 Å². The van der Waals surface area contributed by atoms with E-state index in [9.17, 15) is 58.2 Å². The third kappa shape index (κ3) is 19.4. The van der Waals surface area contributed by atoms with Crippen molar-refractivity contribution in [3.05, 3.63) is 52.1 Å². The number of likely N-dealkylation sites (N-methyl/N-ethyl adjacent to an activating group) is 1. The number of allylic oxidation sites excluding steroid dienone is 3. The lowest BCUT2D eigenvalue weighted by atomic mass is 9.79. The quantitative estimate of drug-likeness (QED) is 0.0356. The van der Waals surface area contributed by atoms with Gasteiger partial charge in [0.1, 0.15) is 46.4 Å². The predicted octanol–water partition coefficient (Wildman–Crippen LogP) is 7.68. The van der Waals surface area contributed by atoms with E-state index in [0.29, 0.717) is 68.6 Å². The van der Waals surface area contributed by atoms with Crippen LogP contribution in [0.3, 0.4) is 0 Å². The number of ketones is 3. The lowest BCUT2D eigenvalue weighted by molar-refractivity contribution is -0.162. The first-order valence-electron chi connectivity index (χ1n) is 29.3. The average Bonchev–Trinajstić information content (AvgIpc) is 2.15. The fourth-order valence-corrected chi connectivity index (χ4v) is 12.4. The van der Waals surface area contributed by atoms with Crippen molar-refractivity contribution in [3.8, 4) is 0 Å². The van der Waals surface area contributed by atoms with Crippen molar-refractivity contribution in [3.63, 3.8) is 0 Å². The maximum absolute atomic E-state index is 14.3. The number of unbranched alkanes of at least 4 members (excludes halogenated alkanes) is 2. The normalized spacial score (nSPS) is 27.6. The summed E-state index contributed by atoms with van der Waals surface area (Å²) in [7, 11) is 2.99. The summed E-state index contributed by atoms with van der Waals surface area (Å²) in [5.74, 6) is -4.80. The zero-order valence-corrected chi connectivity index (χ0v) is 51.6. The van der Waals surface area contributed by atoms with Crippen molar-refractivity contribution < 1.29 is 72.4 Å². The number of carbonyl (C=O) groups is 10. The molecule has 3 fully saturated rings. The van der Waals surface area contributed by atoms with E-state index < -0.39 is 94.6 Å². The number of aryl methyl sites for hydroxylation is 1. The zero-order valence-electron chi connectivity index (χ0n) is 50.0. The maximum atomic E-state index is 14.3. The largest absolute Gasteiger partial charge is 0.480 e. The number of carboxylic acids is 1. The van der Waals surface area contributed by atoms with Gasteiger partial charge in [-0.25, -0.2) is 9.59 Å². The van der Waals surface area contributed by atoms with Crippen LogP contribution in [0.5, 0.6) is 0 Å². The summed E-state index contributed by atoms with van der Waals surface area (Å²) < 4.78 is 18.2. The Morgan fingerprint density at radius 2 is 1.69 bits per heavy atom. The average molecular weight is 1200 g/mol. The Morgan fingerprint density at radius 1 is 0.988 bits per heavy atom. The van der Waals surface area contributed by atoms with Gasteiger partial charge in [-0.15, -0.1) is 11.8 Å². The molecule has 20 nitrogen and oxygen atoms in total. The molecule has 5 rings (SSSR count). The minimum Gasteiger partial charge on any atom is -0.480 e. The molecule has 10 atom stereocenters. The van der Waals surface area contributed by atoms with E-state index in [1.807, 2.05) is 38.1 Å². The summed E-state index contributed by atoms with van der Waals surface area (Å²) in [5, 5.41) is 29.2. The van der Waals surface area contributed by atoms with Crippen LogP contribution in [0.4, 0.5) is 10.5 Å². The van der Waals surface area contributed by atoms with Crippen LogP contribution in [0, 0.1) is 30.6 Å². The highest BCUT2D eigenvalue weighted by molar-refractivity contribution is 8.00. The predicted molar refractivity (Wildman–Crippen MR) is 314 cm³/mol. The third-order valence-electron chi connectivity index (χ3n) is 17.0. The molecule has 1 aromatic carbocycles. The molecule has 3 heterocycles. The number of fused-ring (bicyclic) bond motifs is 5. The van der Waals surface area contributed by atoms with Gasteiger partial charge in [-0.2, -0.15) is 0 Å². The number of carboxylic acid groups (broad SMARTS) is 1. The number of nitrogens with one attached hydrogen (secondary N) is 3. The lowest BCUT2D eigenvalue weighted by Gasteiger charge is -2.41. The summed E-state index contributed by atoms with van der Waals surface area (Å²) in [6.45, 7) is 14.0. The number of rotatable bonds is 25. The van der Waals surface area contributed by atoms with Crippen molar-refractivity contribution >= 4 is 88.1 Å². The van der Waals surface area contributed by atoms with E-state index in [1.54, 1.807) is 40.8 Å². The molecular formula is C61H88ClN5O15S. The second-order valence-corrected chi connectivity index (χ2v) is 25.2. The Balaban J connectivity index is 1.11. The number of hydrogen-bond acceptors (Lipinski definition) is 15. The van der Waals surface area contributed by atoms with Crippen LogP contribution in [-0.2, 0) is 63.8 Å². The number of amides is 5. The molecule has 1 aliphatic carbocycles. The molecule has 460 valence electrons. The lowest BCUT2D eigenvalue weighted by Crippen LogP contribution is -2.60. The van der Waals surface area contributed by atoms with Gasteiger partial charge >= 0.3 is 18.0 Å². The number of alkyl carbamates (subject to hydrolysis) is 1. The summed E-state index contributed by atoms with van der Waals surface area (Å²) in [6, 6.07) is 1.95. The molecule has 5 amide bonds. The molecule has 1 aromatic rings. The monoisotopic (exact) mass is 1200 g/mol. The van der Waals surface area contributed by atoms with Crippen molar-refractivity contribution in [2.45, 2.75) is 212 Å². The minimum atomic E-state index is -1.67. The molecular weight excluding hydrogens is 1110 g/mol. The fourth-order valence-electron chi connectivity index (χ4n) is 11.1. The van der Waals surface area contributed by atoms with E-state index in [0.717, 1.165) is 41.3 Å². The molecule has 5 N–H and O–H groups in total. The second-order valence-electron chi connectivity index (χ2n) is 23.5. The van der Waals surface area contributed by atoms with Gasteiger partial charge in [-0.3, -0.25) is 38.9 Å². The summed E-state index contributed by atoms with van der Waals surface area (Å²) in [5.41, 5.74) is 0.0916. The number of aliphatic hydroxyl groups is 1. The molecule has 0 aromatic heterocycles. The Morgan fingerprint density at radius 3 is 2.35 bits per heavy atom. The fraction of sp³-hybridized carbons (Fsp3) is 0.672. The summed E-state index contributed by atoms with van der Waals surface area (Å²) in [4.78, 5) is 132. The number of carbonyl (C=O) groups excluding carboxylic acids is 9. The number of aliphatic carboxylic acids is 1. The molecule has 3 aliphatic heterocycles. The number of anilines is 1. The van der Waals surface area contributed by atoms with Gasteiger partial charge in [0, 0.05) is 89.1 Å². The Bertz CT molecular complexity index is 2620. The topological polar surface area (TPSA) is 285 Å². The Hall–Kier alpha value is -5.64. The zero-order chi connectivity index (χ0) is 61.5. The highest BCUT2D eigenvalue weighted by atomic mass is 35.5. The van der Waals surface area contributed by atoms with Gasteiger partial charge in [0.2, 0.25) is 23.6 Å². The van der Waals surface area contributed by atoms with Gasteiger partial charge in [0.15, 0.2) is 5.78 Å². The van der Waals surface area contributed by atoms with Gasteiger partial charge < -0.3 is 49.7 Å². The molecule has 1 saturated carbocycles. The number of halogens is 1. The van der Waals surface area contributed by atoms with Gasteiger partial charge in [-0.1, -0.05) is 75.1 Å². The Labute approximate surface area is 497 Å². The SMILES string of the molecule is CCC(=O)NC(CCCCCC(=O)C1CCC(CNC(=O)CC(SCCC(=O)N(C)[C@@H](C)C(=O)O[C@H]2CC(=O)N(C)c3cc(cc(C)c3Cl)C/C(C)=C/C=C/[C@@H](C)[C@@]3(O)CC(OC(=O)N3)[C@@H](C)[C@@H]3O[C@@]23C)C(=O)O)CC1)C(=O)CCC(C)=O. The molecule has 4 bridgehead atoms. The van der Waals surface area contributed by atoms with Crippen molar-refractivity contribution in [2.24, 2.45) is 23.7 Å². The van der Waals surface area contributed by atoms with Crippen LogP contribution in [0.1, 0.15) is 162 Å². The number of epoxide rings is 1. The van der Waals surface area contributed by atoms with Gasteiger partial charge in [0.25, 0.3) is 0 Å². The first-order valence-corrected chi connectivity index (χ1v) is 30.7. The highest BCUT2D eigenvalue weighted by Gasteiger charge is 2.64. The van der Waals surface area contributed by atoms with E-state index in [2.05, 4.69) is 16.0 Å². The molecule has 2 saturated heterocycles. The number of thioether (sulfide) groups is 1. The third-order valence-corrected chi connectivity index (χ3v) is 18.7. The number of nitrogens with zero attached hydrogens (tertiary/aromatic N) is 2. The Kier molecular flexibility index (Phi) is 25.4. The number of Topliss-reactive ketones (excluding diaryl/α,β-unsaturated/α-hetero) is 3. The highest BCUT2D eigenvalue weighted by Crippen LogP contribution is 2.49. The van der Waals surface area contributed by atoms with E-state index in [4.69, 9.17) is 25.8 Å². The molecule has 0 radical (unpaired) electrons. The minimum absolute atomic E-state index is 0.00473. The molecule has 3 unspecified atom stereocenters. The van der Waals surface area contributed by atoms with E-state index in [-0.39, 0.29) is 85.8 Å². The molecule has 83 heavy (non-hydrogen) atoms. The van der Waals surface area contributed by atoms with Crippen LogP contribution in [-0.4, -0.2) is 147 Å². The molecule has 4 aliphatic rings. The smallest absolute Gasteiger partial charge is 0.409 e. The van der Waals surface area contributed by atoms with Crippen molar-refractivity contribution in [1.29, 1.82) is 0 Å². The van der Waals surface area contributed by atoms with Crippen LogP contribution >= 0.6 is 23.4 Å². The molecule has 0 spiro atoms. The summed E-state index contributed by atoms with van der Waals surface area (Å²) >= 11 is 7.76. The first-order chi connectivity index (χ1) is 39.1. The van der Waals surface area contributed by atoms with Crippen molar-refractivity contribution in [2.75, 3.05) is 31.3 Å². The second kappa shape index (κ2) is 31.0. The maximum Gasteiger partial charge on any atom is 0.409 e. The number of benzene rings is 1. The van der Waals surface area contributed by atoms with E-state index >= 15 is 0 Å². The first kappa shape index (κ1) is 68.1. The molecule has 22 heteroatoms. The standard InChI is InChI=1S/C61H88ClN5O15S/c1-11-51(71)64-44(47(70)25-20-38(5)68)18-13-12-14-19-46(69)43-23-21-41(22-24-43)34-63-52(72)31-49(57(75)76)83-27-26-53(73)66(9)40(7)58(77)81-50-32-54(74)67(10)45-30-42(29-36(3)55(45)62)28-35(2)16-15-17-37(4)61(79)33-48(80-59(78)65-61)39(6)56-60(50,8)82-56/h15-17,29-30,37,39-41,43-44,48-50,56,79H,11-14,18-28,31-34H2,1-10H3,(H,63,72)(H,64,71)(H,65,78)(H,75,76)/b17-15+,35-16+/t37-,39-,40+,41?,43?,44?,48?,49?,50+,56+,60+,61+/m1/s1. The van der Waals surface area contributed by atoms with Gasteiger partial charge in [0.05, 0.1) is 29.3 Å². The summed E-state index contributed by atoms with van der Waals surface area (Å²) in [6.07, 6.45) is 7.78. The van der Waals surface area contributed by atoms with Crippen LogP contribution in [0.15, 0.2) is 35.9 Å². The number of esters is 1.